The van der Waals surface area contributed by atoms with Gasteiger partial charge in [0.25, 0.3) is 0 Å². The molecule has 2 heterocycles. The van der Waals surface area contributed by atoms with Crippen molar-refractivity contribution >= 4 is 42.1 Å². The molecule has 0 saturated carbocycles. The van der Waals surface area contributed by atoms with Crippen LogP contribution in [-0.4, -0.2) is 40.4 Å². The first-order valence-electron chi connectivity index (χ1n) is 7.82. The zero-order valence-corrected chi connectivity index (χ0v) is 17.2. The van der Waals surface area contributed by atoms with Crippen LogP contribution in [0.2, 0.25) is 0 Å². The molecular formula is C17H26Cl2N4OS. The molecule has 1 unspecified atom stereocenters. The van der Waals surface area contributed by atoms with Gasteiger partial charge >= 0.3 is 0 Å². The lowest BCUT2D eigenvalue weighted by Crippen LogP contribution is -2.35. The molecule has 2 N–H and O–H groups in total. The van der Waals surface area contributed by atoms with Crippen LogP contribution in [0.25, 0.3) is 10.7 Å². The van der Waals surface area contributed by atoms with Crippen LogP contribution >= 0.6 is 36.2 Å². The smallest absolute Gasteiger partial charge is 0.228 e. The van der Waals surface area contributed by atoms with E-state index >= 15 is 0 Å². The van der Waals surface area contributed by atoms with Crippen molar-refractivity contribution in [2.24, 2.45) is 11.7 Å². The summed E-state index contributed by atoms with van der Waals surface area (Å²) in [6.45, 7) is 4.87. The minimum Gasteiger partial charge on any atom is -0.345 e. The topological polar surface area (TPSA) is 72.1 Å². The van der Waals surface area contributed by atoms with Crippen LogP contribution in [0.1, 0.15) is 26.0 Å². The quantitative estimate of drug-likeness (QED) is 0.766. The fraction of sp³-hybridized carbons (Fsp3) is 0.471. The highest BCUT2D eigenvalue weighted by Crippen LogP contribution is 2.21. The standard InChI is InChI=1S/C17H24N4OS.2ClH/c1-12(2)14(18)7-9-21(3)16(22)10-13-11-23-17(20-13)15-6-4-5-8-19-15;;/h4-6,8,11-12,14H,7,9-10,18H2,1-3H3;2*1H. The molecular weight excluding hydrogens is 379 g/mol. The average Bonchev–Trinajstić information content (AvgIpc) is 3.01. The second-order valence-electron chi connectivity index (χ2n) is 6.05. The fourth-order valence-corrected chi connectivity index (χ4v) is 2.88. The lowest BCUT2D eigenvalue weighted by Gasteiger charge is -2.21. The Morgan fingerprint density at radius 1 is 1.32 bits per heavy atom. The van der Waals surface area contributed by atoms with Crippen LogP contribution in [0.5, 0.6) is 0 Å². The summed E-state index contributed by atoms with van der Waals surface area (Å²) in [5, 5.41) is 2.77. The molecule has 0 radical (unpaired) electrons. The predicted molar refractivity (Wildman–Crippen MR) is 109 cm³/mol. The van der Waals surface area contributed by atoms with E-state index in [-0.39, 0.29) is 36.8 Å². The molecule has 0 aliphatic rings. The van der Waals surface area contributed by atoms with Gasteiger partial charge in [-0.25, -0.2) is 4.98 Å². The number of pyridine rings is 1. The van der Waals surface area contributed by atoms with E-state index in [4.69, 9.17) is 5.73 Å². The minimum absolute atomic E-state index is 0. The molecule has 1 atom stereocenters. The number of halogens is 2. The number of hydrogen-bond donors (Lipinski definition) is 1. The van der Waals surface area contributed by atoms with E-state index in [0.717, 1.165) is 22.8 Å². The SMILES string of the molecule is CC(C)C(N)CCN(C)C(=O)Cc1csc(-c2ccccn2)n1.Cl.Cl. The molecule has 25 heavy (non-hydrogen) atoms. The Balaban J connectivity index is 0.00000288. The van der Waals surface area contributed by atoms with Crippen LogP contribution < -0.4 is 5.73 Å². The third-order valence-electron chi connectivity index (χ3n) is 3.85. The van der Waals surface area contributed by atoms with Crippen molar-refractivity contribution in [2.75, 3.05) is 13.6 Å². The second-order valence-corrected chi connectivity index (χ2v) is 6.91. The highest BCUT2D eigenvalue weighted by Gasteiger charge is 2.15. The van der Waals surface area contributed by atoms with E-state index in [1.807, 2.05) is 30.6 Å². The maximum Gasteiger partial charge on any atom is 0.228 e. The number of carbonyl (C=O) groups excluding carboxylic acids is 1. The molecule has 2 aromatic heterocycles. The molecule has 0 spiro atoms. The van der Waals surface area contributed by atoms with Crippen molar-refractivity contribution in [1.29, 1.82) is 0 Å². The highest BCUT2D eigenvalue weighted by atomic mass is 35.5. The summed E-state index contributed by atoms with van der Waals surface area (Å²) >= 11 is 1.51. The van der Waals surface area contributed by atoms with Gasteiger partial charge in [-0.15, -0.1) is 36.2 Å². The van der Waals surface area contributed by atoms with Crippen molar-refractivity contribution in [1.82, 2.24) is 14.9 Å². The lowest BCUT2D eigenvalue weighted by molar-refractivity contribution is -0.129. The van der Waals surface area contributed by atoms with Crippen molar-refractivity contribution < 1.29 is 4.79 Å². The minimum atomic E-state index is 0. The van der Waals surface area contributed by atoms with E-state index in [1.54, 1.807) is 11.1 Å². The second kappa shape index (κ2) is 11.4. The van der Waals surface area contributed by atoms with E-state index < -0.39 is 0 Å². The monoisotopic (exact) mass is 404 g/mol. The van der Waals surface area contributed by atoms with Crippen LogP contribution in [0.3, 0.4) is 0 Å². The van der Waals surface area contributed by atoms with E-state index in [0.29, 0.717) is 18.9 Å². The van der Waals surface area contributed by atoms with Crippen LogP contribution in [0.15, 0.2) is 29.8 Å². The largest absolute Gasteiger partial charge is 0.345 e. The van der Waals surface area contributed by atoms with Gasteiger partial charge in [-0.2, -0.15) is 0 Å². The fourth-order valence-electron chi connectivity index (χ4n) is 2.09. The summed E-state index contributed by atoms with van der Waals surface area (Å²) in [6, 6.07) is 5.85. The summed E-state index contributed by atoms with van der Waals surface area (Å²) < 4.78 is 0. The van der Waals surface area contributed by atoms with Gasteiger partial charge in [-0.3, -0.25) is 9.78 Å². The Kier molecular flexibility index (Phi) is 10.9. The molecule has 8 heteroatoms. The van der Waals surface area contributed by atoms with E-state index in [2.05, 4.69) is 23.8 Å². The van der Waals surface area contributed by atoms with Crippen molar-refractivity contribution in [3.05, 3.63) is 35.5 Å². The zero-order valence-electron chi connectivity index (χ0n) is 14.7. The zero-order chi connectivity index (χ0) is 16.8. The first kappa shape index (κ1) is 23.8. The molecule has 1 amide bonds. The normalized spacial score (nSPS) is 11.4. The number of aromatic nitrogens is 2. The third kappa shape index (κ3) is 7.28. The first-order chi connectivity index (χ1) is 11.0. The van der Waals surface area contributed by atoms with Gasteiger partial charge in [0.05, 0.1) is 17.8 Å². The lowest BCUT2D eigenvalue weighted by atomic mass is 10.0. The Bertz CT molecular complexity index is 637. The van der Waals surface area contributed by atoms with Gasteiger partial charge < -0.3 is 10.6 Å². The molecule has 0 bridgehead atoms. The number of carbonyl (C=O) groups is 1. The number of rotatable bonds is 7. The van der Waals surface area contributed by atoms with E-state index in [1.165, 1.54) is 11.3 Å². The Morgan fingerprint density at radius 3 is 2.64 bits per heavy atom. The molecule has 5 nitrogen and oxygen atoms in total. The molecule has 2 aromatic rings. The number of thiazole rings is 1. The maximum atomic E-state index is 12.3. The predicted octanol–water partition coefficient (Wildman–Crippen LogP) is 3.42. The van der Waals surface area contributed by atoms with Gasteiger partial charge in [-0.1, -0.05) is 19.9 Å². The molecule has 0 aromatic carbocycles. The van der Waals surface area contributed by atoms with Crippen LogP contribution in [0, 0.1) is 5.92 Å². The summed E-state index contributed by atoms with van der Waals surface area (Å²) in [7, 11) is 1.82. The van der Waals surface area contributed by atoms with Crippen molar-refractivity contribution in [2.45, 2.75) is 32.7 Å². The van der Waals surface area contributed by atoms with Gasteiger partial charge in [0.2, 0.25) is 5.91 Å². The summed E-state index contributed by atoms with van der Waals surface area (Å²) in [5.74, 6) is 0.497. The van der Waals surface area contributed by atoms with Crippen LogP contribution in [0.4, 0.5) is 0 Å². The molecule has 0 saturated heterocycles. The third-order valence-corrected chi connectivity index (χ3v) is 4.76. The molecule has 140 valence electrons. The maximum absolute atomic E-state index is 12.3. The number of hydrogen-bond acceptors (Lipinski definition) is 5. The molecule has 0 aliphatic carbocycles. The first-order valence-corrected chi connectivity index (χ1v) is 8.70. The van der Waals surface area contributed by atoms with Crippen molar-refractivity contribution in [3.63, 3.8) is 0 Å². The van der Waals surface area contributed by atoms with Gasteiger partial charge in [-0.05, 0) is 24.5 Å². The summed E-state index contributed by atoms with van der Waals surface area (Å²) in [5.41, 5.74) is 7.66. The van der Waals surface area contributed by atoms with Gasteiger partial charge in [0.1, 0.15) is 5.01 Å². The van der Waals surface area contributed by atoms with E-state index in [9.17, 15) is 4.79 Å². The molecule has 2 rings (SSSR count). The average molecular weight is 405 g/mol. The van der Waals surface area contributed by atoms with Gasteiger partial charge in [0, 0.05) is 31.2 Å². The number of likely N-dealkylation sites (N-methyl/N-ethyl adjacent to an activating group) is 1. The van der Waals surface area contributed by atoms with Gasteiger partial charge in [0.15, 0.2) is 0 Å². The van der Waals surface area contributed by atoms with Crippen molar-refractivity contribution in [3.8, 4) is 10.7 Å². The number of amides is 1. The number of nitrogens with two attached hydrogens (primary N) is 1. The Morgan fingerprint density at radius 2 is 2.04 bits per heavy atom. The number of nitrogens with zero attached hydrogens (tertiary/aromatic N) is 3. The Labute approximate surface area is 165 Å². The van der Waals surface area contributed by atoms with Crippen LogP contribution in [-0.2, 0) is 11.2 Å². The summed E-state index contributed by atoms with van der Waals surface area (Å²) in [6.07, 6.45) is 2.88. The highest BCUT2D eigenvalue weighted by molar-refractivity contribution is 7.13. The molecule has 0 fully saturated rings. The Hall–Kier alpha value is -1.21. The molecule has 0 aliphatic heterocycles. The summed E-state index contributed by atoms with van der Waals surface area (Å²) in [4.78, 5) is 22.8.